The first-order chi connectivity index (χ1) is 9.05. The highest BCUT2D eigenvalue weighted by atomic mass is 32.2. The molecule has 0 bridgehead atoms. The van der Waals surface area contributed by atoms with E-state index in [2.05, 4.69) is 0 Å². The number of aliphatic hydroxyl groups excluding tert-OH is 1. The lowest BCUT2D eigenvalue weighted by molar-refractivity contribution is 0.0739. The minimum absolute atomic E-state index is 0.0609. The normalized spacial score (nSPS) is 21.2. The van der Waals surface area contributed by atoms with Gasteiger partial charge in [-0.3, -0.25) is 4.90 Å². The lowest BCUT2D eigenvalue weighted by atomic mass is 10.1. The van der Waals surface area contributed by atoms with Gasteiger partial charge in [0.2, 0.25) is 0 Å². The Balaban J connectivity index is 1.84. The first-order valence-electron chi connectivity index (χ1n) is 6.43. The van der Waals surface area contributed by atoms with Crippen molar-refractivity contribution in [3.05, 3.63) is 30.3 Å². The average molecular weight is 285 g/mol. The zero-order chi connectivity index (χ0) is 13.7. The van der Waals surface area contributed by atoms with Crippen molar-refractivity contribution in [2.75, 3.05) is 25.4 Å². The maximum absolute atomic E-state index is 11.8. The summed E-state index contributed by atoms with van der Waals surface area (Å²) in [7, 11) is -3.57. The Morgan fingerprint density at radius 2 is 2.05 bits per heavy atom. The van der Waals surface area contributed by atoms with Crippen LogP contribution in [0.1, 0.15) is 12.8 Å². The fourth-order valence-electron chi connectivity index (χ4n) is 2.14. The molecule has 2 rings (SSSR count). The van der Waals surface area contributed by atoms with E-state index in [1.807, 2.05) is 4.90 Å². The van der Waals surface area contributed by atoms with Crippen molar-refractivity contribution in [2.24, 2.45) is 0 Å². The zero-order valence-corrected chi connectivity index (χ0v) is 11.6. The summed E-state index contributed by atoms with van der Waals surface area (Å²) in [6.45, 7) is 1.77. The van der Waals surface area contributed by atoms with E-state index in [9.17, 15) is 13.5 Å². The van der Waals surface area contributed by atoms with Crippen LogP contribution in [0, 0.1) is 0 Å². The number of piperidine rings is 1. The molecule has 6 heteroatoms. The van der Waals surface area contributed by atoms with Gasteiger partial charge < -0.3 is 9.29 Å². The van der Waals surface area contributed by atoms with Crippen LogP contribution < -0.4 is 4.18 Å². The molecule has 106 valence electrons. The number of para-hydroxylation sites is 1. The second kappa shape index (κ2) is 6.36. The highest BCUT2D eigenvalue weighted by Crippen LogP contribution is 2.13. The van der Waals surface area contributed by atoms with E-state index in [0.717, 1.165) is 19.4 Å². The summed E-state index contributed by atoms with van der Waals surface area (Å²) in [5.41, 5.74) is 0. The van der Waals surface area contributed by atoms with Gasteiger partial charge in [0.05, 0.1) is 11.9 Å². The molecule has 1 saturated heterocycles. The van der Waals surface area contributed by atoms with E-state index in [4.69, 9.17) is 4.18 Å². The van der Waals surface area contributed by atoms with Crippen molar-refractivity contribution in [1.82, 2.24) is 4.90 Å². The standard InChI is InChI=1S/C13H19NO4S/c15-12-5-4-8-14(11-12)9-10-19(16,17)18-13-6-2-1-3-7-13/h1-3,6-7,12,15H,4-5,8-11H2. The number of nitrogens with zero attached hydrogens (tertiary/aromatic N) is 1. The number of β-amino-alcohol motifs (C(OH)–C–C–N with tert-alkyl or cyclic N) is 1. The summed E-state index contributed by atoms with van der Waals surface area (Å²) in [6.07, 6.45) is 1.36. The lowest BCUT2D eigenvalue weighted by Gasteiger charge is -2.29. The lowest BCUT2D eigenvalue weighted by Crippen LogP contribution is -2.41. The van der Waals surface area contributed by atoms with E-state index in [0.29, 0.717) is 18.8 Å². The molecule has 1 aliphatic rings. The van der Waals surface area contributed by atoms with Crippen LogP contribution in [0.25, 0.3) is 0 Å². The molecule has 0 aliphatic carbocycles. The Kier molecular flexibility index (Phi) is 4.79. The van der Waals surface area contributed by atoms with Crippen LogP contribution in [0.3, 0.4) is 0 Å². The highest BCUT2D eigenvalue weighted by Gasteiger charge is 2.20. The molecule has 1 aromatic rings. The molecule has 0 amide bonds. The fourth-order valence-corrected chi connectivity index (χ4v) is 3.11. The smallest absolute Gasteiger partial charge is 0.310 e. The summed E-state index contributed by atoms with van der Waals surface area (Å²) in [5.74, 6) is 0.274. The SMILES string of the molecule is O=S(=O)(CCN1CCCC(O)C1)Oc1ccccc1. The number of hydrogen-bond donors (Lipinski definition) is 1. The molecule has 1 heterocycles. The third-order valence-electron chi connectivity index (χ3n) is 3.10. The van der Waals surface area contributed by atoms with Crippen molar-refractivity contribution in [3.8, 4) is 5.75 Å². The molecule has 1 unspecified atom stereocenters. The summed E-state index contributed by atoms with van der Waals surface area (Å²) in [5, 5.41) is 9.52. The molecule has 19 heavy (non-hydrogen) atoms. The van der Waals surface area contributed by atoms with Crippen LogP contribution >= 0.6 is 0 Å². The molecule has 1 aliphatic heterocycles. The summed E-state index contributed by atoms with van der Waals surface area (Å²) >= 11 is 0. The van der Waals surface area contributed by atoms with Crippen LogP contribution in [0.2, 0.25) is 0 Å². The molecule has 0 aromatic heterocycles. The third-order valence-corrected chi connectivity index (χ3v) is 4.23. The van der Waals surface area contributed by atoms with Gasteiger partial charge in [-0.05, 0) is 31.5 Å². The van der Waals surface area contributed by atoms with E-state index < -0.39 is 10.1 Å². The Bertz CT molecular complexity index is 489. The van der Waals surface area contributed by atoms with E-state index in [1.165, 1.54) is 0 Å². The monoisotopic (exact) mass is 285 g/mol. The maximum atomic E-state index is 11.8. The van der Waals surface area contributed by atoms with Gasteiger partial charge >= 0.3 is 10.1 Å². The van der Waals surface area contributed by atoms with Gasteiger partial charge in [-0.15, -0.1) is 0 Å². The molecule has 1 fully saturated rings. The van der Waals surface area contributed by atoms with Gasteiger partial charge in [-0.1, -0.05) is 18.2 Å². The quantitative estimate of drug-likeness (QED) is 0.813. The number of hydrogen-bond acceptors (Lipinski definition) is 5. The number of benzene rings is 1. The number of rotatable bonds is 5. The van der Waals surface area contributed by atoms with Crippen LogP contribution in [-0.2, 0) is 10.1 Å². The van der Waals surface area contributed by atoms with Crippen molar-refractivity contribution < 1.29 is 17.7 Å². The Morgan fingerprint density at radius 1 is 1.32 bits per heavy atom. The van der Waals surface area contributed by atoms with E-state index in [1.54, 1.807) is 30.3 Å². The summed E-state index contributed by atoms with van der Waals surface area (Å²) in [4.78, 5) is 1.96. The molecule has 1 N–H and O–H groups in total. The molecule has 0 spiro atoms. The minimum atomic E-state index is -3.57. The predicted octanol–water partition coefficient (Wildman–Crippen LogP) is 0.852. The Hall–Kier alpha value is -1.11. The van der Waals surface area contributed by atoms with Gasteiger partial charge in [-0.2, -0.15) is 8.42 Å². The summed E-state index contributed by atoms with van der Waals surface area (Å²) < 4.78 is 28.6. The fraction of sp³-hybridized carbons (Fsp3) is 0.538. The van der Waals surface area contributed by atoms with Gasteiger partial charge in [0.1, 0.15) is 5.75 Å². The van der Waals surface area contributed by atoms with Gasteiger partial charge in [-0.25, -0.2) is 0 Å². The second-order valence-electron chi connectivity index (χ2n) is 4.75. The first-order valence-corrected chi connectivity index (χ1v) is 8.00. The maximum Gasteiger partial charge on any atom is 0.310 e. The highest BCUT2D eigenvalue weighted by molar-refractivity contribution is 7.87. The van der Waals surface area contributed by atoms with Gasteiger partial charge in [0, 0.05) is 13.1 Å². The molecule has 5 nitrogen and oxygen atoms in total. The van der Waals surface area contributed by atoms with Crippen molar-refractivity contribution in [1.29, 1.82) is 0 Å². The topological polar surface area (TPSA) is 66.8 Å². The second-order valence-corrected chi connectivity index (χ2v) is 6.45. The zero-order valence-electron chi connectivity index (χ0n) is 10.7. The molecule has 1 aromatic carbocycles. The van der Waals surface area contributed by atoms with Crippen molar-refractivity contribution in [2.45, 2.75) is 18.9 Å². The van der Waals surface area contributed by atoms with Crippen LogP contribution in [-0.4, -0.2) is 49.9 Å². The number of aliphatic hydroxyl groups is 1. The molecule has 0 radical (unpaired) electrons. The Labute approximate surface area is 113 Å². The minimum Gasteiger partial charge on any atom is -0.392 e. The van der Waals surface area contributed by atoms with Crippen molar-refractivity contribution >= 4 is 10.1 Å². The molecular formula is C13H19NO4S. The van der Waals surface area contributed by atoms with Gasteiger partial charge in [0.25, 0.3) is 0 Å². The first kappa shape index (κ1) is 14.3. The van der Waals surface area contributed by atoms with Crippen LogP contribution in [0.4, 0.5) is 0 Å². The van der Waals surface area contributed by atoms with Gasteiger partial charge in [0.15, 0.2) is 0 Å². The Morgan fingerprint density at radius 3 is 2.74 bits per heavy atom. The van der Waals surface area contributed by atoms with E-state index in [-0.39, 0.29) is 11.9 Å². The van der Waals surface area contributed by atoms with Crippen LogP contribution in [0.15, 0.2) is 30.3 Å². The number of likely N-dealkylation sites (tertiary alicyclic amines) is 1. The average Bonchev–Trinajstić information content (AvgIpc) is 2.37. The molecular weight excluding hydrogens is 266 g/mol. The predicted molar refractivity (Wildman–Crippen MR) is 72.5 cm³/mol. The van der Waals surface area contributed by atoms with E-state index >= 15 is 0 Å². The third kappa shape index (κ3) is 4.81. The van der Waals surface area contributed by atoms with Crippen molar-refractivity contribution in [3.63, 3.8) is 0 Å². The van der Waals surface area contributed by atoms with Crippen LogP contribution in [0.5, 0.6) is 5.75 Å². The summed E-state index contributed by atoms with van der Waals surface area (Å²) in [6, 6.07) is 8.48. The molecule has 0 saturated carbocycles. The molecule has 1 atom stereocenters. The largest absolute Gasteiger partial charge is 0.392 e.